The zero-order valence-electron chi connectivity index (χ0n) is 82.9. The monoisotopic (exact) mass is 2100 g/mol. The number of ether oxygens (including phenoxy) is 12. The van der Waals surface area contributed by atoms with E-state index in [0.717, 1.165) is 57.8 Å². The minimum absolute atomic E-state index is 0. The van der Waals surface area contributed by atoms with Crippen molar-refractivity contribution < 1.29 is 198 Å². The Kier molecular flexibility index (Phi) is 69.9. The van der Waals surface area contributed by atoms with E-state index < -0.39 is 141 Å². The molecular weight excluding hydrogens is 1940 g/mol. The molecule has 41 nitrogen and oxygen atoms in total. The van der Waals surface area contributed by atoms with Crippen LogP contribution in [0.25, 0.3) is 0 Å². The largest absolute Gasteiger partial charge is 0.466 e. The first-order chi connectivity index (χ1) is 66.2. The molecular formula is C95H167N7O34S2Y. The van der Waals surface area contributed by atoms with Crippen molar-refractivity contribution in [1.29, 1.82) is 0 Å². The van der Waals surface area contributed by atoms with Crippen molar-refractivity contribution in [1.82, 2.24) is 36.8 Å². The molecule has 4 rings (SSSR count). The summed E-state index contributed by atoms with van der Waals surface area (Å²) >= 11 is 0. The van der Waals surface area contributed by atoms with Crippen LogP contribution in [0.4, 0.5) is 4.79 Å². The van der Waals surface area contributed by atoms with Gasteiger partial charge in [-0.15, -0.1) is 0 Å². The first-order valence-corrected chi connectivity index (χ1v) is 52.2. The smallest absolute Gasteiger partial charge is 0.407 e. The first-order valence-electron chi connectivity index (χ1n) is 49.9. The normalized spacial score (nSPS) is 23.5. The summed E-state index contributed by atoms with van der Waals surface area (Å²) in [5, 5.41) is 117. The van der Waals surface area contributed by atoms with Gasteiger partial charge in [0.05, 0.1) is 105 Å². The summed E-state index contributed by atoms with van der Waals surface area (Å²) in [7, 11) is 4.95. The van der Waals surface area contributed by atoms with E-state index in [1.807, 2.05) is 0 Å². The predicted molar refractivity (Wildman–Crippen MR) is 508 cm³/mol. The number of hydrogen-bond acceptors (Lipinski definition) is 36. The maximum absolute atomic E-state index is 14.3. The molecule has 139 heavy (non-hydrogen) atoms. The maximum atomic E-state index is 14.3. The summed E-state index contributed by atoms with van der Waals surface area (Å²) in [6.45, 7) is 9.11. The van der Waals surface area contributed by atoms with E-state index >= 15 is 0 Å². The molecule has 1 radical (unpaired) electrons. The van der Waals surface area contributed by atoms with Crippen LogP contribution in [0.15, 0.2) is 0 Å². The summed E-state index contributed by atoms with van der Waals surface area (Å²) in [6, 6.07) is -3.51. The van der Waals surface area contributed by atoms with Gasteiger partial charge in [-0.25, -0.2) is 4.79 Å². The van der Waals surface area contributed by atoms with Crippen LogP contribution >= 0.6 is 21.6 Å². The zero-order valence-corrected chi connectivity index (χ0v) is 87.4. The number of unbranched alkanes of at least 4 members (excludes halogenated alkanes) is 13. The van der Waals surface area contributed by atoms with E-state index in [2.05, 4.69) is 45.7 Å². The molecule has 4 fully saturated rings. The summed E-state index contributed by atoms with van der Waals surface area (Å²) in [5.41, 5.74) is -0.720. The molecule has 16 N–H and O–H groups in total. The second-order valence-corrected chi connectivity index (χ2v) is 40.0. The molecule has 0 aromatic carbocycles. The van der Waals surface area contributed by atoms with Crippen LogP contribution in [0.1, 0.15) is 285 Å². The van der Waals surface area contributed by atoms with Gasteiger partial charge in [0.25, 0.3) is 0 Å². The minimum Gasteiger partial charge on any atom is -0.466 e. The number of amides is 7. The number of ketones is 3. The van der Waals surface area contributed by atoms with Crippen molar-refractivity contribution >= 4 is 92.4 Å². The molecule has 4 aliphatic rings. The number of rotatable bonds is 80. The van der Waals surface area contributed by atoms with Crippen molar-refractivity contribution in [2.24, 2.45) is 5.41 Å². The topological polar surface area (TPSA) is 593 Å². The molecule has 4 aliphatic heterocycles. The fourth-order valence-corrected chi connectivity index (χ4v) is 19.3. The van der Waals surface area contributed by atoms with E-state index in [-0.39, 0.29) is 214 Å². The molecule has 0 aliphatic carbocycles. The predicted octanol–water partition coefficient (Wildman–Crippen LogP) is 4.23. The van der Waals surface area contributed by atoms with Gasteiger partial charge in [0.15, 0.2) is 18.9 Å². The molecule has 44 heteroatoms. The van der Waals surface area contributed by atoms with Crippen LogP contribution in [0.3, 0.4) is 0 Å². The Balaban J connectivity index is 0.0000497. The van der Waals surface area contributed by atoms with Gasteiger partial charge in [0.2, 0.25) is 35.4 Å². The third kappa shape index (κ3) is 55.4. The van der Waals surface area contributed by atoms with Crippen LogP contribution in [-0.4, -0.2) is 367 Å². The fraction of sp³-hybridized carbons (Fsp3) is 0.874. The van der Waals surface area contributed by atoms with Gasteiger partial charge >= 0.3 is 18.0 Å². The quantitative estimate of drug-likeness (QED) is 0.0175. The molecule has 0 spiro atoms. The van der Waals surface area contributed by atoms with E-state index in [0.29, 0.717) is 180 Å². The summed E-state index contributed by atoms with van der Waals surface area (Å²) in [4.78, 5) is 155. The van der Waals surface area contributed by atoms with Crippen molar-refractivity contribution in [2.45, 2.75) is 394 Å². The Bertz CT molecular complexity index is 3210. The molecule has 0 aromatic rings. The zero-order chi connectivity index (χ0) is 101. The molecule has 15 unspecified atom stereocenters. The first kappa shape index (κ1) is 128. The molecule has 0 saturated carbocycles. The second kappa shape index (κ2) is 75.7. The molecule has 4 saturated heterocycles. The Labute approximate surface area is 852 Å². The van der Waals surface area contributed by atoms with Crippen LogP contribution in [0, 0.1) is 5.41 Å². The SMILES string of the molecule is CO[C@H]1C[C@H](CO)N(C(=O)CCCCC(=O)CCC(C)(C)SSCCOCCOCCC(=O)CC(CCCOC(=O)CCCCCCCNC(=O)CCCOC2OC(CO)C(O)C(O)C2NC(C)=O)(CCCOC(=O)CCCCCCCNC(=O)CCCOC2OC(CO)C(O)C(O)C2NC(C)=O)CCCOC(=O)NCCCCCCCC(=O)CCCOC2OC(CO)C(O)C(O)C2NC(C)=O)C1.[Y]. The van der Waals surface area contributed by atoms with Crippen LogP contribution in [0.2, 0.25) is 0 Å². The minimum atomic E-state index is -1.46. The van der Waals surface area contributed by atoms with Gasteiger partial charge in [-0.2, -0.15) is 0 Å². The Morgan fingerprint density at radius 2 is 0.770 bits per heavy atom. The van der Waals surface area contributed by atoms with Gasteiger partial charge in [0, 0.05) is 168 Å². The molecule has 801 valence electrons. The van der Waals surface area contributed by atoms with Crippen LogP contribution < -0.4 is 31.9 Å². The summed E-state index contributed by atoms with van der Waals surface area (Å²) in [5.74, 6) is -1.84. The molecule has 7 amide bonds. The molecule has 0 bridgehead atoms. The number of alkyl carbamates (subject to hydrolysis) is 1. The number of aliphatic hydroxyl groups is 10. The fourth-order valence-electron chi connectivity index (χ4n) is 16.8. The number of hydrogen-bond donors (Lipinski definition) is 16. The Hall–Kier alpha value is -4.92. The van der Waals surface area contributed by atoms with Gasteiger partial charge in [0.1, 0.15) is 90.4 Å². The molecule has 4 heterocycles. The average molecular weight is 2100 g/mol. The standard InChI is InChI=1S/C95H167N7O34S2.Y/c1-65(107)99-81-87(121)84(118)73(62-104)134-90(81)130-47-24-32-69(110)30-16-10-7-15-23-46-98-93(124)133-52-29-42-95(40-27-50-128-79(116)36-17-11-8-13-21-44-96-76(113)33-25-48-131-91-82(100-66(2)108)88(122)85(119)74(63-105)135-91,41-28-51-129-80(117)37-18-12-9-14-22-45-97-77(114)34-26-49-132-92-83(101-67(3)109)89(123)86(120)75(64-106)136-92)59-71(112)39-53-126-54-55-127-56-57-137-138-94(4,5)43-38-70(111)31-19-20-35-78(115)102-60-72(125-6)58-68(102)61-103;/h68,72-75,81-92,103-106,118-123H,7-64H2,1-6H3,(H,96,113)(H,97,114)(H,98,124)(H,99,107)(H,100,108)(H,101,109);/t68-,72+,73?,74?,75?,81?,82?,83?,84?,85?,86?,87?,88?,89?,90?,91?,92?,95?;/m1./s1. The number of nitrogens with one attached hydrogen (secondary N) is 6. The molecule has 0 aromatic heterocycles. The van der Waals surface area contributed by atoms with Gasteiger partial charge in [-0.05, 0) is 141 Å². The third-order valence-electron chi connectivity index (χ3n) is 24.7. The molecule has 17 atom stereocenters. The van der Waals surface area contributed by atoms with Crippen molar-refractivity contribution in [2.75, 3.05) is 132 Å². The summed E-state index contributed by atoms with van der Waals surface area (Å²) in [6.07, 6.45) is 3.00. The summed E-state index contributed by atoms with van der Waals surface area (Å²) < 4.78 is 68.2. The Morgan fingerprint density at radius 3 is 1.20 bits per heavy atom. The number of methoxy groups -OCH3 is 1. The number of likely N-dealkylation sites (tertiary alicyclic amines) is 1. The van der Waals surface area contributed by atoms with Crippen molar-refractivity contribution in [3.05, 3.63) is 0 Å². The van der Waals surface area contributed by atoms with E-state index in [9.17, 15) is 109 Å². The van der Waals surface area contributed by atoms with Crippen molar-refractivity contribution in [3.63, 3.8) is 0 Å². The van der Waals surface area contributed by atoms with Gasteiger partial charge < -0.3 is 145 Å². The number of Topliss-reactive ketones (excluding diaryl/α,β-unsaturated/α-hetero) is 3. The maximum Gasteiger partial charge on any atom is 0.407 e. The second-order valence-electron chi connectivity index (χ2n) is 36.9. The average Bonchev–Trinajstić information content (AvgIpc) is 1.41. The van der Waals surface area contributed by atoms with E-state index in [1.165, 1.54) is 20.8 Å². The number of aliphatic hydroxyl groups excluding tert-OH is 10. The van der Waals surface area contributed by atoms with Gasteiger partial charge in [-0.3, -0.25) is 52.7 Å². The van der Waals surface area contributed by atoms with Crippen LogP contribution in [0.5, 0.6) is 0 Å². The van der Waals surface area contributed by atoms with E-state index in [1.54, 1.807) is 33.6 Å². The third-order valence-corrected chi connectivity index (χ3v) is 28.0. The van der Waals surface area contributed by atoms with Crippen LogP contribution in [-0.2, 0) is 142 Å². The number of nitrogens with zero attached hydrogens (tertiary/aromatic N) is 1. The number of esters is 2. The van der Waals surface area contributed by atoms with E-state index in [4.69, 9.17) is 56.8 Å². The van der Waals surface area contributed by atoms with Crippen molar-refractivity contribution in [3.8, 4) is 0 Å². The Morgan fingerprint density at radius 1 is 0.388 bits per heavy atom. The van der Waals surface area contributed by atoms with Gasteiger partial charge in [-0.1, -0.05) is 79.4 Å². The number of carbonyl (C=O) groups excluding carboxylic acids is 12. The number of carbonyl (C=O) groups is 12.